The first-order valence-corrected chi connectivity index (χ1v) is 4.05. The van der Waals surface area contributed by atoms with E-state index in [9.17, 15) is 18.0 Å². The standard InChI is InChI=1S/C8H5ClF3NO2/c1-15-7(14)6-5(8(10,11)12)4(9)2-3-13-6/h2-3H,1H3. The second kappa shape index (κ2) is 4.06. The summed E-state index contributed by atoms with van der Waals surface area (Å²) in [7, 11) is 0.963. The molecule has 0 spiro atoms. The van der Waals surface area contributed by atoms with Gasteiger partial charge in [0.25, 0.3) is 0 Å². The molecule has 0 radical (unpaired) electrons. The maximum atomic E-state index is 12.5. The lowest BCUT2D eigenvalue weighted by Gasteiger charge is -2.11. The predicted molar refractivity (Wildman–Crippen MR) is 45.6 cm³/mol. The van der Waals surface area contributed by atoms with Gasteiger partial charge in [-0.2, -0.15) is 13.2 Å². The topological polar surface area (TPSA) is 39.2 Å². The summed E-state index contributed by atoms with van der Waals surface area (Å²) in [5, 5.41) is -0.585. The SMILES string of the molecule is COC(=O)c1nccc(Cl)c1C(F)(F)F. The highest BCUT2D eigenvalue weighted by atomic mass is 35.5. The molecule has 0 atom stereocenters. The molecule has 0 aliphatic heterocycles. The molecule has 1 rings (SSSR count). The summed E-state index contributed by atoms with van der Waals surface area (Å²) in [4.78, 5) is 14.3. The zero-order valence-corrected chi connectivity index (χ0v) is 8.19. The highest BCUT2D eigenvalue weighted by Crippen LogP contribution is 2.36. The number of ether oxygens (including phenoxy) is 1. The summed E-state index contributed by atoms with van der Waals surface area (Å²) >= 11 is 5.35. The van der Waals surface area contributed by atoms with Gasteiger partial charge in [-0.05, 0) is 6.07 Å². The third kappa shape index (κ3) is 2.38. The molecule has 1 aromatic rings. The highest BCUT2D eigenvalue weighted by Gasteiger charge is 2.39. The van der Waals surface area contributed by atoms with Gasteiger partial charge in [0.05, 0.1) is 12.1 Å². The van der Waals surface area contributed by atoms with E-state index in [0.717, 1.165) is 19.4 Å². The first kappa shape index (κ1) is 11.8. The van der Waals surface area contributed by atoms with Crippen LogP contribution >= 0.6 is 11.6 Å². The fourth-order valence-corrected chi connectivity index (χ4v) is 1.21. The van der Waals surface area contributed by atoms with Gasteiger partial charge >= 0.3 is 12.1 Å². The van der Waals surface area contributed by atoms with Crippen LogP contribution in [0.2, 0.25) is 5.02 Å². The van der Waals surface area contributed by atoms with Crippen LogP contribution in [0.3, 0.4) is 0 Å². The Labute approximate surface area is 87.8 Å². The van der Waals surface area contributed by atoms with E-state index >= 15 is 0 Å². The molecular formula is C8H5ClF3NO2. The van der Waals surface area contributed by atoms with E-state index in [4.69, 9.17) is 11.6 Å². The Morgan fingerprint density at radius 3 is 2.60 bits per heavy atom. The molecule has 0 bridgehead atoms. The molecule has 0 fully saturated rings. The van der Waals surface area contributed by atoms with Crippen LogP contribution in [0.25, 0.3) is 0 Å². The number of aromatic nitrogens is 1. The minimum Gasteiger partial charge on any atom is -0.464 e. The average molecular weight is 240 g/mol. The number of nitrogens with zero attached hydrogens (tertiary/aromatic N) is 1. The Balaban J connectivity index is 3.40. The van der Waals surface area contributed by atoms with Crippen molar-refractivity contribution in [2.45, 2.75) is 6.18 Å². The van der Waals surface area contributed by atoms with Gasteiger partial charge < -0.3 is 4.74 Å². The van der Waals surface area contributed by atoms with E-state index in [-0.39, 0.29) is 0 Å². The minimum atomic E-state index is -4.74. The van der Waals surface area contributed by atoms with Crippen molar-refractivity contribution < 1.29 is 22.7 Å². The normalized spacial score (nSPS) is 11.3. The summed E-state index contributed by atoms with van der Waals surface area (Å²) in [6.07, 6.45) is -3.74. The van der Waals surface area contributed by atoms with E-state index in [1.54, 1.807) is 0 Å². The zero-order valence-electron chi connectivity index (χ0n) is 7.43. The molecule has 1 aromatic heterocycles. The molecule has 7 heteroatoms. The van der Waals surface area contributed by atoms with Crippen molar-refractivity contribution in [3.63, 3.8) is 0 Å². The van der Waals surface area contributed by atoms with E-state index in [0.29, 0.717) is 0 Å². The van der Waals surface area contributed by atoms with Crippen molar-refractivity contribution >= 4 is 17.6 Å². The number of hydrogen-bond donors (Lipinski definition) is 0. The first-order chi connectivity index (χ1) is 6.88. The van der Waals surface area contributed by atoms with E-state index in [2.05, 4.69) is 9.72 Å². The summed E-state index contributed by atoms with van der Waals surface area (Å²) in [5.74, 6) is -1.18. The molecule has 0 saturated heterocycles. The van der Waals surface area contributed by atoms with Gasteiger partial charge in [-0.1, -0.05) is 11.6 Å². The number of carbonyl (C=O) groups excluding carboxylic acids is 1. The number of alkyl halides is 3. The number of pyridine rings is 1. The molecule has 82 valence electrons. The van der Waals surface area contributed by atoms with Crippen LogP contribution in [0.5, 0.6) is 0 Å². The van der Waals surface area contributed by atoms with Crippen molar-refractivity contribution in [1.82, 2.24) is 4.98 Å². The maximum Gasteiger partial charge on any atom is 0.420 e. The molecule has 3 nitrogen and oxygen atoms in total. The summed E-state index contributed by atoms with van der Waals surface area (Å²) in [6, 6.07) is 0.955. The number of halogens is 4. The lowest BCUT2D eigenvalue weighted by Crippen LogP contribution is -2.16. The minimum absolute atomic E-state index is 0.585. The lowest BCUT2D eigenvalue weighted by atomic mass is 10.2. The quantitative estimate of drug-likeness (QED) is 0.707. The van der Waals surface area contributed by atoms with Crippen LogP contribution in [-0.4, -0.2) is 18.1 Å². The van der Waals surface area contributed by atoms with Crippen LogP contribution in [0.15, 0.2) is 12.3 Å². The zero-order chi connectivity index (χ0) is 11.6. The summed E-state index contributed by atoms with van der Waals surface area (Å²) in [5.41, 5.74) is -2.11. The molecule has 0 amide bonds. The molecule has 0 unspecified atom stereocenters. The fraction of sp³-hybridized carbons (Fsp3) is 0.250. The van der Waals surface area contributed by atoms with Gasteiger partial charge in [0.1, 0.15) is 5.56 Å². The second-order valence-electron chi connectivity index (χ2n) is 2.51. The molecule has 0 N–H and O–H groups in total. The fourth-order valence-electron chi connectivity index (χ4n) is 0.959. The van der Waals surface area contributed by atoms with E-state index < -0.39 is 28.4 Å². The van der Waals surface area contributed by atoms with Crippen molar-refractivity contribution in [1.29, 1.82) is 0 Å². The van der Waals surface area contributed by atoms with E-state index in [1.165, 1.54) is 0 Å². The number of rotatable bonds is 1. The molecular weight excluding hydrogens is 235 g/mol. The van der Waals surface area contributed by atoms with Gasteiger partial charge in [0.2, 0.25) is 0 Å². The molecule has 0 aliphatic carbocycles. The third-order valence-electron chi connectivity index (χ3n) is 1.56. The lowest BCUT2D eigenvalue weighted by molar-refractivity contribution is -0.138. The Bertz CT molecular complexity index is 392. The average Bonchev–Trinajstić information content (AvgIpc) is 2.14. The molecule has 0 aliphatic rings. The van der Waals surface area contributed by atoms with Gasteiger partial charge in [-0.3, -0.25) is 0 Å². The van der Waals surface area contributed by atoms with Crippen LogP contribution in [0.4, 0.5) is 13.2 Å². The van der Waals surface area contributed by atoms with Crippen LogP contribution in [0, 0.1) is 0 Å². The summed E-state index contributed by atoms with van der Waals surface area (Å²) < 4.78 is 41.6. The van der Waals surface area contributed by atoms with Crippen molar-refractivity contribution in [3.05, 3.63) is 28.5 Å². The third-order valence-corrected chi connectivity index (χ3v) is 1.88. The van der Waals surface area contributed by atoms with Gasteiger partial charge in [-0.25, -0.2) is 9.78 Å². The van der Waals surface area contributed by atoms with Crippen molar-refractivity contribution in [2.75, 3.05) is 7.11 Å². The van der Waals surface area contributed by atoms with Crippen LogP contribution < -0.4 is 0 Å². The van der Waals surface area contributed by atoms with Gasteiger partial charge in [0, 0.05) is 6.20 Å². The largest absolute Gasteiger partial charge is 0.464 e. The number of hydrogen-bond acceptors (Lipinski definition) is 3. The molecule has 1 heterocycles. The molecule has 0 aromatic carbocycles. The van der Waals surface area contributed by atoms with E-state index in [1.807, 2.05) is 0 Å². The maximum absolute atomic E-state index is 12.5. The van der Waals surface area contributed by atoms with Gasteiger partial charge in [-0.15, -0.1) is 0 Å². The Hall–Kier alpha value is -1.30. The molecule has 15 heavy (non-hydrogen) atoms. The Morgan fingerprint density at radius 1 is 1.53 bits per heavy atom. The monoisotopic (exact) mass is 239 g/mol. The summed E-state index contributed by atoms with van der Waals surface area (Å²) in [6.45, 7) is 0. The van der Waals surface area contributed by atoms with Crippen LogP contribution in [-0.2, 0) is 10.9 Å². The first-order valence-electron chi connectivity index (χ1n) is 3.68. The number of carbonyl (C=O) groups is 1. The smallest absolute Gasteiger partial charge is 0.420 e. The van der Waals surface area contributed by atoms with Crippen molar-refractivity contribution in [3.8, 4) is 0 Å². The number of methoxy groups -OCH3 is 1. The van der Waals surface area contributed by atoms with Crippen LogP contribution in [0.1, 0.15) is 16.1 Å². The predicted octanol–water partition coefficient (Wildman–Crippen LogP) is 2.54. The highest BCUT2D eigenvalue weighted by molar-refractivity contribution is 6.31. The van der Waals surface area contributed by atoms with Gasteiger partial charge in [0.15, 0.2) is 5.69 Å². The Kier molecular flexibility index (Phi) is 3.18. The molecule has 0 saturated carbocycles. The second-order valence-corrected chi connectivity index (χ2v) is 2.91. The van der Waals surface area contributed by atoms with Crippen molar-refractivity contribution in [2.24, 2.45) is 0 Å². The Morgan fingerprint density at radius 2 is 2.13 bits per heavy atom. The number of esters is 1.